The largest absolute Gasteiger partial charge is 0.390 e. The molecule has 1 heterocycles. The van der Waals surface area contributed by atoms with Crippen molar-refractivity contribution in [3.05, 3.63) is 0 Å². The molecule has 2 atom stereocenters. The lowest BCUT2D eigenvalue weighted by atomic mass is 9.86. The molecular weight excluding hydrogens is 168 g/mol. The first-order valence-corrected chi connectivity index (χ1v) is 4.89. The third-order valence-electron chi connectivity index (χ3n) is 2.88. The van der Waals surface area contributed by atoms with Crippen molar-refractivity contribution in [3.63, 3.8) is 0 Å². The Kier molecular flexibility index (Phi) is 3.71. The van der Waals surface area contributed by atoms with E-state index >= 15 is 0 Å². The third-order valence-corrected chi connectivity index (χ3v) is 2.88. The molecule has 0 spiro atoms. The maximum Gasteiger partial charge on any atom is 0.0884 e. The topological polar surface area (TPSA) is 38.7 Å². The fourth-order valence-corrected chi connectivity index (χ4v) is 1.70. The van der Waals surface area contributed by atoms with Crippen LogP contribution in [0.2, 0.25) is 0 Å². The van der Waals surface area contributed by atoms with E-state index in [1.165, 1.54) is 0 Å². The van der Waals surface area contributed by atoms with Crippen molar-refractivity contribution in [2.45, 2.75) is 38.4 Å². The average Bonchev–Trinajstić information content (AvgIpc) is 2.18. The summed E-state index contributed by atoms with van der Waals surface area (Å²) < 4.78 is 10.6. The molecule has 0 radical (unpaired) electrons. The smallest absolute Gasteiger partial charge is 0.0884 e. The van der Waals surface area contributed by atoms with Gasteiger partial charge in [0.2, 0.25) is 0 Å². The van der Waals surface area contributed by atoms with Gasteiger partial charge in [-0.05, 0) is 26.7 Å². The molecule has 2 unspecified atom stereocenters. The number of rotatable bonds is 3. The summed E-state index contributed by atoms with van der Waals surface area (Å²) in [6, 6.07) is 0. The van der Waals surface area contributed by atoms with Crippen molar-refractivity contribution in [1.82, 2.24) is 0 Å². The van der Waals surface area contributed by atoms with Crippen LogP contribution in [0.1, 0.15) is 26.7 Å². The molecule has 3 heteroatoms. The molecule has 0 aromatic heterocycles. The number of aliphatic hydroxyl groups is 1. The number of methoxy groups -OCH3 is 1. The van der Waals surface area contributed by atoms with E-state index in [0.29, 0.717) is 6.61 Å². The molecule has 1 rings (SSSR count). The van der Waals surface area contributed by atoms with E-state index in [1.54, 1.807) is 7.11 Å². The molecule has 1 aliphatic rings. The monoisotopic (exact) mass is 188 g/mol. The molecule has 1 fully saturated rings. The second-order valence-corrected chi connectivity index (χ2v) is 4.23. The van der Waals surface area contributed by atoms with Crippen molar-refractivity contribution in [2.75, 3.05) is 20.3 Å². The maximum absolute atomic E-state index is 10.00. The van der Waals surface area contributed by atoms with Crippen molar-refractivity contribution < 1.29 is 14.6 Å². The SMILES string of the molecule is COC(C)(C)C(O)C1CCCOC1. The molecular formula is C10H20O3. The van der Waals surface area contributed by atoms with E-state index in [9.17, 15) is 5.11 Å². The van der Waals surface area contributed by atoms with Gasteiger partial charge in [-0.25, -0.2) is 0 Å². The Morgan fingerprint density at radius 3 is 2.69 bits per heavy atom. The van der Waals surface area contributed by atoms with Crippen LogP contribution in [0, 0.1) is 5.92 Å². The fourth-order valence-electron chi connectivity index (χ4n) is 1.70. The van der Waals surface area contributed by atoms with Crippen LogP contribution in [0.5, 0.6) is 0 Å². The quantitative estimate of drug-likeness (QED) is 0.723. The minimum Gasteiger partial charge on any atom is -0.390 e. The predicted molar refractivity (Wildman–Crippen MR) is 50.6 cm³/mol. The highest BCUT2D eigenvalue weighted by molar-refractivity contribution is 4.85. The van der Waals surface area contributed by atoms with Gasteiger partial charge in [-0.2, -0.15) is 0 Å². The average molecular weight is 188 g/mol. The van der Waals surface area contributed by atoms with Crippen LogP contribution in [0.4, 0.5) is 0 Å². The summed E-state index contributed by atoms with van der Waals surface area (Å²) in [5, 5.41) is 10.00. The first kappa shape index (κ1) is 11.0. The minimum atomic E-state index is -0.467. The molecule has 0 amide bonds. The Morgan fingerprint density at radius 2 is 2.23 bits per heavy atom. The van der Waals surface area contributed by atoms with Gasteiger partial charge in [-0.3, -0.25) is 0 Å². The zero-order valence-electron chi connectivity index (χ0n) is 8.75. The summed E-state index contributed by atoms with van der Waals surface area (Å²) in [6.45, 7) is 5.31. The zero-order chi connectivity index (χ0) is 9.90. The van der Waals surface area contributed by atoms with Crippen LogP contribution >= 0.6 is 0 Å². The lowest BCUT2D eigenvalue weighted by Gasteiger charge is -2.36. The van der Waals surface area contributed by atoms with E-state index in [2.05, 4.69) is 0 Å². The van der Waals surface area contributed by atoms with Gasteiger partial charge in [-0.15, -0.1) is 0 Å². The van der Waals surface area contributed by atoms with Crippen LogP contribution in [0.3, 0.4) is 0 Å². The Bertz CT molecular complexity index is 150. The van der Waals surface area contributed by atoms with Gasteiger partial charge in [0.15, 0.2) is 0 Å². The van der Waals surface area contributed by atoms with Crippen LogP contribution in [-0.4, -0.2) is 37.1 Å². The lowest BCUT2D eigenvalue weighted by molar-refractivity contribution is -0.124. The molecule has 0 bridgehead atoms. The predicted octanol–water partition coefficient (Wildman–Crippen LogP) is 1.20. The number of aliphatic hydroxyl groups excluding tert-OH is 1. The van der Waals surface area contributed by atoms with Crippen LogP contribution in [0.25, 0.3) is 0 Å². The first-order valence-electron chi connectivity index (χ1n) is 4.89. The van der Waals surface area contributed by atoms with Crippen LogP contribution in [-0.2, 0) is 9.47 Å². The lowest BCUT2D eigenvalue weighted by Crippen LogP contribution is -2.45. The summed E-state index contributed by atoms with van der Waals surface area (Å²) in [7, 11) is 1.63. The maximum atomic E-state index is 10.00. The van der Waals surface area contributed by atoms with Crippen molar-refractivity contribution in [3.8, 4) is 0 Å². The van der Waals surface area contributed by atoms with E-state index < -0.39 is 11.7 Å². The van der Waals surface area contributed by atoms with E-state index in [-0.39, 0.29) is 5.92 Å². The Morgan fingerprint density at radius 1 is 1.54 bits per heavy atom. The first-order chi connectivity index (χ1) is 6.08. The number of hydrogen-bond donors (Lipinski definition) is 1. The third kappa shape index (κ3) is 2.66. The fraction of sp³-hybridized carbons (Fsp3) is 1.00. The molecule has 1 saturated heterocycles. The molecule has 0 aromatic rings. The highest BCUT2D eigenvalue weighted by Crippen LogP contribution is 2.26. The zero-order valence-corrected chi connectivity index (χ0v) is 8.75. The van der Waals surface area contributed by atoms with Gasteiger partial charge in [0.05, 0.1) is 18.3 Å². The van der Waals surface area contributed by atoms with E-state index in [4.69, 9.17) is 9.47 Å². The second kappa shape index (κ2) is 4.40. The van der Waals surface area contributed by atoms with Gasteiger partial charge in [0.25, 0.3) is 0 Å². The molecule has 0 saturated carbocycles. The minimum absolute atomic E-state index is 0.226. The number of hydrogen-bond acceptors (Lipinski definition) is 3. The standard InChI is InChI=1S/C10H20O3/c1-10(2,12-3)9(11)8-5-4-6-13-7-8/h8-9,11H,4-7H2,1-3H3. The summed E-state index contributed by atoms with van der Waals surface area (Å²) in [5.74, 6) is 0.226. The Hall–Kier alpha value is -0.120. The van der Waals surface area contributed by atoms with Gasteiger partial charge in [-0.1, -0.05) is 0 Å². The summed E-state index contributed by atoms with van der Waals surface area (Å²) in [4.78, 5) is 0. The molecule has 1 aliphatic heterocycles. The number of ether oxygens (including phenoxy) is 2. The summed E-state index contributed by atoms with van der Waals surface area (Å²) in [6.07, 6.45) is 1.65. The summed E-state index contributed by atoms with van der Waals surface area (Å²) in [5.41, 5.74) is -0.467. The highest BCUT2D eigenvalue weighted by atomic mass is 16.5. The van der Waals surface area contributed by atoms with E-state index in [1.807, 2.05) is 13.8 Å². The van der Waals surface area contributed by atoms with Gasteiger partial charge in [0.1, 0.15) is 0 Å². The van der Waals surface area contributed by atoms with Crippen LogP contribution in [0.15, 0.2) is 0 Å². The Labute approximate surface area is 80.0 Å². The molecule has 78 valence electrons. The van der Waals surface area contributed by atoms with Gasteiger partial charge in [0, 0.05) is 19.6 Å². The summed E-state index contributed by atoms with van der Waals surface area (Å²) >= 11 is 0. The molecule has 3 nitrogen and oxygen atoms in total. The van der Waals surface area contributed by atoms with Crippen molar-refractivity contribution >= 4 is 0 Å². The molecule has 13 heavy (non-hydrogen) atoms. The van der Waals surface area contributed by atoms with Crippen molar-refractivity contribution in [2.24, 2.45) is 5.92 Å². The second-order valence-electron chi connectivity index (χ2n) is 4.23. The highest BCUT2D eigenvalue weighted by Gasteiger charge is 2.35. The van der Waals surface area contributed by atoms with Crippen LogP contribution < -0.4 is 0 Å². The normalized spacial score (nSPS) is 27.2. The van der Waals surface area contributed by atoms with Gasteiger partial charge < -0.3 is 14.6 Å². The molecule has 1 N–H and O–H groups in total. The molecule has 0 aromatic carbocycles. The van der Waals surface area contributed by atoms with Crippen molar-refractivity contribution in [1.29, 1.82) is 0 Å². The van der Waals surface area contributed by atoms with Gasteiger partial charge >= 0.3 is 0 Å². The Balaban J connectivity index is 2.49. The van der Waals surface area contributed by atoms with E-state index in [0.717, 1.165) is 19.4 Å². The molecule has 0 aliphatic carbocycles.